The number of nitro groups is 1. The highest BCUT2D eigenvalue weighted by atomic mass is 79.9. The fourth-order valence-corrected chi connectivity index (χ4v) is 2.46. The minimum absolute atomic E-state index is 0.0189. The smallest absolute Gasteiger partial charge is 0.270 e. The van der Waals surface area contributed by atoms with Gasteiger partial charge in [0.05, 0.1) is 10.5 Å². The summed E-state index contributed by atoms with van der Waals surface area (Å²) >= 11 is 3.18. The van der Waals surface area contributed by atoms with Crippen LogP contribution in [0.1, 0.15) is 23.2 Å². The van der Waals surface area contributed by atoms with Gasteiger partial charge in [0, 0.05) is 29.2 Å². The van der Waals surface area contributed by atoms with Crippen LogP contribution in [0.4, 0.5) is 5.69 Å². The van der Waals surface area contributed by atoms with E-state index in [9.17, 15) is 14.9 Å². The summed E-state index contributed by atoms with van der Waals surface area (Å²) in [6.07, 6.45) is 2.17. The van der Waals surface area contributed by atoms with Crippen molar-refractivity contribution in [3.05, 3.63) is 38.3 Å². The first kappa shape index (κ1) is 14.0. The van der Waals surface area contributed by atoms with Crippen LogP contribution in [0, 0.1) is 16.0 Å². The molecule has 1 unspecified atom stereocenters. The normalized spacial score (nSPS) is 15.9. The van der Waals surface area contributed by atoms with Crippen LogP contribution in [0.2, 0.25) is 0 Å². The molecule has 1 aliphatic rings. The van der Waals surface area contributed by atoms with Gasteiger partial charge in [-0.15, -0.1) is 0 Å². The Bertz CT molecular complexity index is 517. The molecule has 0 radical (unpaired) electrons. The average Bonchev–Trinajstić information content (AvgIpc) is 3.19. The van der Waals surface area contributed by atoms with Crippen molar-refractivity contribution in [2.24, 2.45) is 11.7 Å². The number of carbonyl (C=O) groups is 1. The van der Waals surface area contributed by atoms with Crippen LogP contribution in [-0.4, -0.2) is 23.4 Å². The Hall–Kier alpha value is -1.47. The Morgan fingerprint density at radius 3 is 2.74 bits per heavy atom. The van der Waals surface area contributed by atoms with Gasteiger partial charge in [0.15, 0.2) is 0 Å². The molecule has 0 heterocycles. The number of nitrogens with zero attached hydrogens (tertiary/aromatic N) is 1. The topological polar surface area (TPSA) is 98.3 Å². The zero-order valence-electron chi connectivity index (χ0n) is 10.1. The molecule has 0 saturated heterocycles. The first-order chi connectivity index (χ1) is 9.02. The van der Waals surface area contributed by atoms with Crippen LogP contribution in [0.25, 0.3) is 0 Å². The zero-order valence-corrected chi connectivity index (χ0v) is 11.7. The van der Waals surface area contributed by atoms with Gasteiger partial charge < -0.3 is 11.1 Å². The van der Waals surface area contributed by atoms with E-state index in [0.717, 1.165) is 12.8 Å². The van der Waals surface area contributed by atoms with Gasteiger partial charge in [-0.05, 0) is 40.8 Å². The third-order valence-electron chi connectivity index (χ3n) is 3.17. The van der Waals surface area contributed by atoms with Crippen LogP contribution < -0.4 is 11.1 Å². The van der Waals surface area contributed by atoms with Crippen LogP contribution in [0.3, 0.4) is 0 Å². The van der Waals surface area contributed by atoms with E-state index in [2.05, 4.69) is 21.2 Å². The number of halogens is 1. The molecule has 1 aromatic carbocycles. The van der Waals surface area contributed by atoms with Gasteiger partial charge in [0.25, 0.3) is 11.6 Å². The number of nitrogens with one attached hydrogen (secondary N) is 1. The van der Waals surface area contributed by atoms with E-state index >= 15 is 0 Å². The highest BCUT2D eigenvalue weighted by Crippen LogP contribution is 2.32. The predicted octanol–water partition coefficient (Wildman–Crippen LogP) is 1.82. The van der Waals surface area contributed by atoms with Crippen molar-refractivity contribution in [2.45, 2.75) is 18.9 Å². The Balaban J connectivity index is 2.12. The molecule has 102 valence electrons. The lowest BCUT2D eigenvalue weighted by Gasteiger charge is -2.16. The van der Waals surface area contributed by atoms with Crippen molar-refractivity contribution in [2.75, 3.05) is 6.54 Å². The van der Waals surface area contributed by atoms with Crippen LogP contribution >= 0.6 is 15.9 Å². The van der Waals surface area contributed by atoms with Gasteiger partial charge in [0.2, 0.25) is 0 Å². The standard InChI is InChI=1S/C12H14BrN3O3/c13-10-5-8(16(18)19)3-4-9(10)12(17)15-11(6-14)7-1-2-7/h3-5,7,11H,1-2,6,14H2,(H,15,17). The zero-order chi connectivity index (χ0) is 14.0. The number of non-ortho nitro benzene ring substituents is 1. The monoisotopic (exact) mass is 327 g/mol. The van der Waals surface area contributed by atoms with Crippen molar-refractivity contribution in [1.29, 1.82) is 0 Å². The van der Waals surface area contributed by atoms with E-state index in [0.29, 0.717) is 22.5 Å². The summed E-state index contributed by atoms with van der Waals surface area (Å²) in [7, 11) is 0. The van der Waals surface area contributed by atoms with Gasteiger partial charge in [-0.25, -0.2) is 0 Å². The number of rotatable bonds is 5. The number of amides is 1. The molecule has 19 heavy (non-hydrogen) atoms. The van der Waals surface area contributed by atoms with Gasteiger partial charge >= 0.3 is 0 Å². The van der Waals surface area contributed by atoms with Crippen molar-refractivity contribution < 1.29 is 9.72 Å². The highest BCUT2D eigenvalue weighted by Gasteiger charge is 2.31. The minimum Gasteiger partial charge on any atom is -0.348 e. The predicted molar refractivity (Wildman–Crippen MR) is 73.8 cm³/mol. The molecule has 1 atom stereocenters. The molecule has 1 fully saturated rings. The summed E-state index contributed by atoms with van der Waals surface area (Å²) < 4.78 is 0.408. The van der Waals surface area contributed by atoms with E-state index in [1.807, 2.05) is 0 Å². The van der Waals surface area contributed by atoms with Crippen LogP contribution in [0.5, 0.6) is 0 Å². The number of hydrogen-bond acceptors (Lipinski definition) is 4. The summed E-state index contributed by atoms with van der Waals surface area (Å²) in [6, 6.07) is 4.06. The Morgan fingerprint density at radius 1 is 1.58 bits per heavy atom. The maximum atomic E-state index is 12.1. The number of benzene rings is 1. The fourth-order valence-electron chi connectivity index (χ4n) is 1.92. The molecule has 0 spiro atoms. The van der Waals surface area contributed by atoms with Gasteiger partial charge in [-0.3, -0.25) is 14.9 Å². The lowest BCUT2D eigenvalue weighted by Crippen LogP contribution is -2.41. The number of nitrogens with two attached hydrogens (primary N) is 1. The summed E-state index contributed by atoms with van der Waals surface area (Å²) in [5.41, 5.74) is 5.95. The van der Waals surface area contributed by atoms with E-state index in [1.54, 1.807) is 0 Å². The maximum Gasteiger partial charge on any atom is 0.270 e. The van der Waals surface area contributed by atoms with Crippen molar-refractivity contribution >= 4 is 27.5 Å². The molecule has 1 aliphatic carbocycles. The number of carbonyl (C=O) groups excluding carboxylic acids is 1. The Kier molecular flexibility index (Phi) is 4.16. The average molecular weight is 328 g/mol. The number of hydrogen-bond donors (Lipinski definition) is 2. The quantitative estimate of drug-likeness (QED) is 0.636. The molecule has 3 N–H and O–H groups in total. The lowest BCUT2D eigenvalue weighted by molar-refractivity contribution is -0.384. The molecule has 1 saturated carbocycles. The molecule has 1 aromatic rings. The molecule has 6 nitrogen and oxygen atoms in total. The second-order valence-electron chi connectivity index (χ2n) is 4.57. The first-order valence-corrected chi connectivity index (χ1v) is 6.77. The number of nitro benzene ring substituents is 1. The summed E-state index contributed by atoms with van der Waals surface area (Å²) in [5, 5.41) is 13.5. The highest BCUT2D eigenvalue weighted by molar-refractivity contribution is 9.10. The molecule has 1 amide bonds. The largest absolute Gasteiger partial charge is 0.348 e. The lowest BCUT2D eigenvalue weighted by atomic mass is 10.1. The Morgan fingerprint density at radius 2 is 2.26 bits per heavy atom. The van der Waals surface area contributed by atoms with E-state index < -0.39 is 4.92 Å². The molecular formula is C12H14BrN3O3. The third-order valence-corrected chi connectivity index (χ3v) is 3.83. The van der Waals surface area contributed by atoms with Gasteiger partial charge in [0.1, 0.15) is 0 Å². The second kappa shape index (κ2) is 5.66. The first-order valence-electron chi connectivity index (χ1n) is 5.97. The van der Waals surface area contributed by atoms with Crippen molar-refractivity contribution in [3.63, 3.8) is 0 Å². The van der Waals surface area contributed by atoms with Crippen molar-refractivity contribution in [1.82, 2.24) is 5.32 Å². The van der Waals surface area contributed by atoms with Crippen molar-refractivity contribution in [3.8, 4) is 0 Å². The van der Waals surface area contributed by atoms with E-state index in [-0.39, 0.29) is 17.6 Å². The van der Waals surface area contributed by atoms with Crippen LogP contribution in [0.15, 0.2) is 22.7 Å². The molecule has 0 aliphatic heterocycles. The second-order valence-corrected chi connectivity index (χ2v) is 5.43. The van der Waals surface area contributed by atoms with Gasteiger partial charge in [-0.1, -0.05) is 0 Å². The summed E-state index contributed by atoms with van der Waals surface area (Å²) in [4.78, 5) is 22.2. The van der Waals surface area contributed by atoms with E-state index in [1.165, 1.54) is 18.2 Å². The summed E-state index contributed by atoms with van der Waals surface area (Å²) in [6.45, 7) is 0.404. The van der Waals surface area contributed by atoms with Gasteiger partial charge in [-0.2, -0.15) is 0 Å². The molecule has 7 heteroatoms. The maximum absolute atomic E-state index is 12.1. The third kappa shape index (κ3) is 3.30. The molecule has 2 rings (SSSR count). The molecule has 0 bridgehead atoms. The molecule has 0 aromatic heterocycles. The van der Waals surface area contributed by atoms with Crippen LogP contribution in [-0.2, 0) is 0 Å². The molecular weight excluding hydrogens is 314 g/mol. The Labute approximate surface area is 118 Å². The SMILES string of the molecule is NCC(NC(=O)c1ccc([N+](=O)[O-])cc1Br)C1CC1. The summed E-state index contributed by atoms with van der Waals surface area (Å²) in [5.74, 6) is 0.204. The fraction of sp³-hybridized carbons (Fsp3) is 0.417. The minimum atomic E-state index is -0.501. The van der Waals surface area contributed by atoms with E-state index in [4.69, 9.17) is 5.73 Å².